The molecule has 0 heterocycles. The Hall–Kier alpha value is -0.820. The zero-order valence-electron chi connectivity index (χ0n) is 12.1. The molecule has 1 aromatic carbocycles. The Labute approximate surface area is 112 Å². The van der Waals surface area contributed by atoms with E-state index < -0.39 is 0 Å². The van der Waals surface area contributed by atoms with Crippen LogP contribution in [0.15, 0.2) is 24.3 Å². The largest absolute Gasteiger partial charge is 0.307 e. The summed E-state index contributed by atoms with van der Waals surface area (Å²) in [5.41, 5.74) is 2.89. The zero-order valence-corrected chi connectivity index (χ0v) is 12.1. The molecular weight excluding hydrogens is 218 g/mol. The summed E-state index contributed by atoms with van der Waals surface area (Å²) in [6.45, 7) is 6.84. The zero-order chi connectivity index (χ0) is 13.0. The Balaban J connectivity index is 1.91. The predicted molar refractivity (Wildman–Crippen MR) is 78.8 cm³/mol. The van der Waals surface area contributed by atoms with E-state index in [4.69, 9.17) is 0 Å². The fraction of sp³-hybridized carbons (Fsp3) is 0.647. The maximum atomic E-state index is 3.76. The number of hydrogen-bond donors (Lipinski definition) is 1. The molecule has 1 N–H and O–H groups in total. The fourth-order valence-electron chi connectivity index (χ4n) is 2.96. The first-order chi connectivity index (χ1) is 8.65. The van der Waals surface area contributed by atoms with Crippen molar-refractivity contribution in [3.05, 3.63) is 35.4 Å². The van der Waals surface area contributed by atoms with Crippen molar-refractivity contribution in [2.24, 2.45) is 5.92 Å². The van der Waals surface area contributed by atoms with Crippen LogP contribution in [-0.2, 0) is 6.42 Å². The van der Waals surface area contributed by atoms with Gasteiger partial charge in [0.1, 0.15) is 0 Å². The van der Waals surface area contributed by atoms with Crippen molar-refractivity contribution in [2.45, 2.75) is 65.0 Å². The van der Waals surface area contributed by atoms with Gasteiger partial charge in [0.2, 0.25) is 0 Å². The molecule has 100 valence electrons. The average molecular weight is 245 g/mol. The minimum atomic E-state index is 0.487. The molecule has 1 aromatic rings. The van der Waals surface area contributed by atoms with Crippen molar-refractivity contribution < 1.29 is 0 Å². The molecule has 0 amide bonds. The van der Waals surface area contributed by atoms with Crippen LogP contribution in [0.3, 0.4) is 0 Å². The van der Waals surface area contributed by atoms with Gasteiger partial charge in [0.05, 0.1) is 0 Å². The van der Waals surface area contributed by atoms with Gasteiger partial charge in [-0.2, -0.15) is 0 Å². The van der Waals surface area contributed by atoms with Gasteiger partial charge in [0, 0.05) is 12.1 Å². The Bertz CT molecular complexity index is 346. The minimum absolute atomic E-state index is 0.487. The van der Waals surface area contributed by atoms with E-state index in [-0.39, 0.29) is 0 Å². The predicted octanol–water partition coefficient (Wildman–Crippen LogP) is 4.48. The van der Waals surface area contributed by atoms with Crippen molar-refractivity contribution in [1.29, 1.82) is 0 Å². The molecule has 1 aliphatic rings. The molecule has 0 saturated heterocycles. The first-order valence-corrected chi connectivity index (χ1v) is 7.50. The van der Waals surface area contributed by atoms with Crippen LogP contribution in [0.1, 0.15) is 63.6 Å². The summed E-state index contributed by atoms with van der Waals surface area (Å²) in [4.78, 5) is 0. The molecule has 0 aromatic heterocycles. The maximum Gasteiger partial charge on any atom is 0.0294 e. The van der Waals surface area contributed by atoms with Gasteiger partial charge in [-0.25, -0.2) is 0 Å². The Kier molecular flexibility index (Phi) is 4.82. The molecular formula is C17H27N. The van der Waals surface area contributed by atoms with Gasteiger partial charge in [-0.15, -0.1) is 0 Å². The highest BCUT2D eigenvalue weighted by Crippen LogP contribution is 2.22. The minimum Gasteiger partial charge on any atom is -0.307 e. The van der Waals surface area contributed by atoms with Crippen LogP contribution in [0, 0.1) is 5.92 Å². The monoisotopic (exact) mass is 245 g/mol. The van der Waals surface area contributed by atoms with E-state index >= 15 is 0 Å². The summed E-state index contributed by atoms with van der Waals surface area (Å²) >= 11 is 0. The molecule has 0 bridgehead atoms. The van der Waals surface area contributed by atoms with E-state index in [1.165, 1.54) is 43.2 Å². The van der Waals surface area contributed by atoms with Crippen LogP contribution in [0.25, 0.3) is 0 Å². The summed E-state index contributed by atoms with van der Waals surface area (Å²) in [5, 5.41) is 3.76. The lowest BCUT2D eigenvalue weighted by atomic mass is 9.99. The highest BCUT2D eigenvalue weighted by molar-refractivity contribution is 5.25. The summed E-state index contributed by atoms with van der Waals surface area (Å²) in [6, 6.07) is 10.4. The standard InChI is InChI=1S/C17H27N/c1-13(2)12-15-8-10-16(11-9-15)14(3)18-17-6-4-5-7-17/h8-11,13-14,17-18H,4-7,12H2,1-3H3. The number of hydrogen-bond acceptors (Lipinski definition) is 1. The molecule has 0 radical (unpaired) electrons. The third-order valence-corrected chi connectivity index (χ3v) is 3.96. The van der Waals surface area contributed by atoms with Crippen LogP contribution in [0.2, 0.25) is 0 Å². The van der Waals surface area contributed by atoms with Gasteiger partial charge >= 0.3 is 0 Å². The van der Waals surface area contributed by atoms with Crippen molar-refractivity contribution in [3.63, 3.8) is 0 Å². The van der Waals surface area contributed by atoms with E-state index in [0.717, 1.165) is 12.0 Å². The second kappa shape index (κ2) is 6.38. The highest BCUT2D eigenvalue weighted by Gasteiger charge is 2.17. The molecule has 1 fully saturated rings. The van der Waals surface area contributed by atoms with Gasteiger partial charge in [0.15, 0.2) is 0 Å². The van der Waals surface area contributed by atoms with Gasteiger partial charge < -0.3 is 5.32 Å². The number of nitrogens with one attached hydrogen (secondary N) is 1. The first kappa shape index (κ1) is 13.6. The molecule has 1 saturated carbocycles. The number of benzene rings is 1. The molecule has 0 aliphatic heterocycles. The Morgan fingerprint density at radius 1 is 1.06 bits per heavy atom. The normalized spacial score (nSPS) is 18.4. The lowest BCUT2D eigenvalue weighted by molar-refractivity contribution is 0.461. The quantitative estimate of drug-likeness (QED) is 0.806. The van der Waals surface area contributed by atoms with Crippen molar-refractivity contribution >= 4 is 0 Å². The third kappa shape index (κ3) is 3.84. The van der Waals surface area contributed by atoms with Crippen LogP contribution >= 0.6 is 0 Å². The van der Waals surface area contributed by atoms with Gasteiger partial charge in [0.25, 0.3) is 0 Å². The second-order valence-electron chi connectivity index (χ2n) is 6.21. The summed E-state index contributed by atoms with van der Waals surface area (Å²) in [6.07, 6.45) is 6.70. The summed E-state index contributed by atoms with van der Waals surface area (Å²) in [7, 11) is 0. The molecule has 0 spiro atoms. The van der Waals surface area contributed by atoms with E-state index in [2.05, 4.69) is 50.4 Å². The maximum absolute atomic E-state index is 3.76. The van der Waals surface area contributed by atoms with Gasteiger partial charge in [-0.05, 0) is 43.2 Å². The van der Waals surface area contributed by atoms with Crippen molar-refractivity contribution in [1.82, 2.24) is 5.32 Å². The van der Waals surface area contributed by atoms with E-state index in [0.29, 0.717) is 6.04 Å². The molecule has 1 aliphatic carbocycles. The van der Waals surface area contributed by atoms with Crippen LogP contribution < -0.4 is 5.32 Å². The number of rotatable bonds is 5. The Morgan fingerprint density at radius 3 is 2.22 bits per heavy atom. The second-order valence-corrected chi connectivity index (χ2v) is 6.21. The van der Waals surface area contributed by atoms with Gasteiger partial charge in [-0.1, -0.05) is 51.0 Å². The first-order valence-electron chi connectivity index (χ1n) is 7.50. The molecule has 18 heavy (non-hydrogen) atoms. The van der Waals surface area contributed by atoms with Crippen molar-refractivity contribution in [2.75, 3.05) is 0 Å². The van der Waals surface area contributed by atoms with Crippen LogP contribution in [0.4, 0.5) is 0 Å². The van der Waals surface area contributed by atoms with Gasteiger partial charge in [-0.3, -0.25) is 0 Å². The van der Waals surface area contributed by atoms with Crippen LogP contribution in [-0.4, -0.2) is 6.04 Å². The van der Waals surface area contributed by atoms with Crippen molar-refractivity contribution in [3.8, 4) is 0 Å². The fourth-order valence-corrected chi connectivity index (χ4v) is 2.96. The molecule has 1 atom stereocenters. The molecule has 1 nitrogen and oxygen atoms in total. The van der Waals surface area contributed by atoms with E-state index in [1.807, 2.05) is 0 Å². The van der Waals surface area contributed by atoms with E-state index in [1.54, 1.807) is 0 Å². The topological polar surface area (TPSA) is 12.0 Å². The average Bonchev–Trinajstić information content (AvgIpc) is 2.82. The third-order valence-electron chi connectivity index (χ3n) is 3.96. The van der Waals surface area contributed by atoms with Crippen LogP contribution in [0.5, 0.6) is 0 Å². The molecule has 2 rings (SSSR count). The highest BCUT2D eigenvalue weighted by atomic mass is 14.9. The molecule has 1 heteroatoms. The SMILES string of the molecule is CC(C)Cc1ccc(C(C)NC2CCCC2)cc1. The Morgan fingerprint density at radius 2 is 1.67 bits per heavy atom. The van der Waals surface area contributed by atoms with E-state index in [9.17, 15) is 0 Å². The summed E-state index contributed by atoms with van der Waals surface area (Å²) < 4.78 is 0. The lowest BCUT2D eigenvalue weighted by Gasteiger charge is -2.20. The summed E-state index contributed by atoms with van der Waals surface area (Å²) in [5.74, 6) is 0.741. The molecule has 1 unspecified atom stereocenters. The lowest BCUT2D eigenvalue weighted by Crippen LogP contribution is -2.28. The smallest absolute Gasteiger partial charge is 0.0294 e.